The molecule has 1 N–H and O–H groups in total. The number of rotatable bonds is 9. The summed E-state index contributed by atoms with van der Waals surface area (Å²) in [6.07, 6.45) is 0. The Kier molecular flexibility index (Phi) is 7.68. The van der Waals surface area contributed by atoms with Crippen molar-refractivity contribution >= 4 is 11.6 Å². The van der Waals surface area contributed by atoms with Gasteiger partial charge in [0, 0.05) is 11.1 Å². The lowest BCUT2D eigenvalue weighted by molar-refractivity contribution is 0.102. The molecule has 4 aromatic carbocycles. The highest BCUT2D eigenvalue weighted by Crippen LogP contribution is 2.31. The summed E-state index contributed by atoms with van der Waals surface area (Å²) in [5.41, 5.74) is 3.00. The largest absolute Gasteiger partial charge is 0.496 e. The molecule has 0 bridgehead atoms. The average molecular weight is 468 g/mol. The highest BCUT2D eigenvalue weighted by Gasteiger charge is 2.15. The van der Waals surface area contributed by atoms with Crippen molar-refractivity contribution in [1.29, 1.82) is 0 Å². The third-order valence-corrected chi connectivity index (χ3v) is 5.57. The first kappa shape index (κ1) is 23.9. The predicted molar refractivity (Wildman–Crippen MR) is 139 cm³/mol. The maximum atomic E-state index is 13.1. The Bertz CT molecular complexity index is 1280. The minimum atomic E-state index is -0.249. The molecule has 0 aliphatic heterocycles. The van der Waals surface area contributed by atoms with Gasteiger partial charge in [0.2, 0.25) is 0 Å². The number of amides is 1. The van der Waals surface area contributed by atoms with Gasteiger partial charge in [-0.2, -0.15) is 0 Å². The highest BCUT2D eigenvalue weighted by molar-refractivity contribution is 6.05. The summed E-state index contributed by atoms with van der Waals surface area (Å²) in [5.74, 6) is 2.83. The molecule has 0 aromatic heterocycles. The van der Waals surface area contributed by atoms with Crippen molar-refractivity contribution in [3.63, 3.8) is 0 Å². The Morgan fingerprint density at radius 2 is 1.49 bits per heavy atom. The van der Waals surface area contributed by atoms with Crippen molar-refractivity contribution in [1.82, 2.24) is 0 Å². The Hall–Kier alpha value is -4.25. The van der Waals surface area contributed by atoms with E-state index in [4.69, 9.17) is 14.2 Å². The molecule has 0 heterocycles. The molecular weight excluding hydrogens is 438 g/mol. The second kappa shape index (κ2) is 11.3. The normalized spacial score (nSPS) is 10.6. The van der Waals surface area contributed by atoms with Gasteiger partial charge in [0.1, 0.15) is 23.9 Å². The molecule has 0 fully saturated rings. The minimum absolute atomic E-state index is 0.249. The first-order valence-corrected chi connectivity index (χ1v) is 11.6. The van der Waals surface area contributed by atoms with Gasteiger partial charge < -0.3 is 19.5 Å². The summed E-state index contributed by atoms with van der Waals surface area (Å²) in [7, 11) is 1.61. The zero-order valence-electron chi connectivity index (χ0n) is 20.2. The Labute approximate surface area is 206 Å². The summed E-state index contributed by atoms with van der Waals surface area (Å²) in [4.78, 5) is 13.1. The summed E-state index contributed by atoms with van der Waals surface area (Å²) < 4.78 is 17.6. The lowest BCUT2D eigenvalue weighted by Crippen LogP contribution is -2.13. The van der Waals surface area contributed by atoms with Crippen molar-refractivity contribution in [2.24, 2.45) is 0 Å². The van der Waals surface area contributed by atoms with Crippen LogP contribution in [-0.2, 0) is 6.61 Å². The number of hydrogen-bond donors (Lipinski definition) is 1. The predicted octanol–water partition coefficient (Wildman–Crippen LogP) is 7.44. The summed E-state index contributed by atoms with van der Waals surface area (Å²) >= 11 is 0. The summed E-state index contributed by atoms with van der Waals surface area (Å²) in [5, 5.41) is 2.96. The van der Waals surface area contributed by atoms with E-state index < -0.39 is 0 Å². The molecule has 0 saturated carbocycles. The van der Waals surface area contributed by atoms with Crippen molar-refractivity contribution < 1.29 is 19.0 Å². The third-order valence-electron chi connectivity index (χ3n) is 5.57. The van der Waals surface area contributed by atoms with Crippen LogP contribution in [0.15, 0.2) is 97.1 Å². The average Bonchev–Trinajstić information content (AvgIpc) is 2.89. The first-order chi connectivity index (χ1) is 17.0. The van der Waals surface area contributed by atoms with E-state index in [-0.39, 0.29) is 12.5 Å². The van der Waals surface area contributed by atoms with Gasteiger partial charge in [-0.15, -0.1) is 0 Å². The molecule has 5 nitrogen and oxygen atoms in total. The van der Waals surface area contributed by atoms with Crippen LogP contribution in [0.1, 0.15) is 41.3 Å². The number of para-hydroxylation sites is 4. The van der Waals surface area contributed by atoms with E-state index in [1.165, 1.54) is 0 Å². The molecule has 1 amide bonds. The van der Waals surface area contributed by atoms with E-state index in [2.05, 4.69) is 25.2 Å². The topological polar surface area (TPSA) is 56.8 Å². The van der Waals surface area contributed by atoms with E-state index in [0.29, 0.717) is 34.4 Å². The molecule has 4 rings (SSSR count). The zero-order chi connectivity index (χ0) is 24.6. The second-order valence-electron chi connectivity index (χ2n) is 8.37. The fourth-order valence-corrected chi connectivity index (χ4v) is 3.75. The molecule has 0 spiro atoms. The lowest BCUT2D eigenvalue weighted by Gasteiger charge is -2.16. The lowest BCUT2D eigenvalue weighted by atomic mass is 10.0. The number of anilines is 1. The van der Waals surface area contributed by atoms with Crippen LogP contribution >= 0.6 is 0 Å². The fourth-order valence-electron chi connectivity index (χ4n) is 3.75. The number of carbonyl (C=O) groups excluding carboxylic acids is 1. The molecule has 0 atom stereocenters. The van der Waals surface area contributed by atoms with Crippen LogP contribution in [-0.4, -0.2) is 13.0 Å². The highest BCUT2D eigenvalue weighted by atomic mass is 16.5. The number of nitrogens with one attached hydrogen (secondary N) is 1. The molecular formula is C30H29NO4. The molecule has 4 aromatic rings. The van der Waals surface area contributed by atoms with Crippen LogP contribution in [0.5, 0.6) is 23.0 Å². The number of benzene rings is 4. The molecule has 178 valence electrons. The standard InChI is InChI=1S/C30H29NO4/c1-21(2)25-13-7-9-15-28(25)34-20-23-19-22(17-18-27(23)33-3)30(32)31-26-14-8-10-16-29(26)35-24-11-5-4-6-12-24/h4-19,21H,20H2,1-3H3,(H,31,32). The molecule has 0 unspecified atom stereocenters. The third kappa shape index (κ3) is 6.01. The monoisotopic (exact) mass is 467 g/mol. The van der Waals surface area contributed by atoms with Crippen LogP contribution in [0.4, 0.5) is 5.69 Å². The number of methoxy groups -OCH3 is 1. The van der Waals surface area contributed by atoms with Crippen molar-refractivity contribution in [3.05, 3.63) is 114 Å². The molecule has 35 heavy (non-hydrogen) atoms. The van der Waals surface area contributed by atoms with Crippen LogP contribution in [0.3, 0.4) is 0 Å². The Balaban J connectivity index is 1.52. The SMILES string of the molecule is COc1ccc(C(=O)Nc2ccccc2Oc2ccccc2)cc1COc1ccccc1C(C)C. The van der Waals surface area contributed by atoms with Gasteiger partial charge >= 0.3 is 0 Å². The molecule has 0 aliphatic rings. The second-order valence-corrected chi connectivity index (χ2v) is 8.37. The summed E-state index contributed by atoms with van der Waals surface area (Å²) in [6, 6.07) is 30.1. The van der Waals surface area contributed by atoms with Crippen LogP contribution in [0.25, 0.3) is 0 Å². The smallest absolute Gasteiger partial charge is 0.255 e. The van der Waals surface area contributed by atoms with Gasteiger partial charge in [-0.25, -0.2) is 0 Å². The van der Waals surface area contributed by atoms with Crippen LogP contribution < -0.4 is 19.5 Å². The van der Waals surface area contributed by atoms with E-state index in [1.807, 2.05) is 72.8 Å². The number of carbonyl (C=O) groups is 1. The maximum Gasteiger partial charge on any atom is 0.255 e. The van der Waals surface area contributed by atoms with Crippen molar-refractivity contribution in [2.75, 3.05) is 12.4 Å². The quantitative estimate of drug-likeness (QED) is 0.278. The van der Waals surface area contributed by atoms with Gasteiger partial charge in [0.05, 0.1) is 12.8 Å². The fraction of sp³-hybridized carbons (Fsp3) is 0.167. The number of ether oxygens (including phenoxy) is 3. The van der Waals surface area contributed by atoms with Gasteiger partial charge in [-0.3, -0.25) is 4.79 Å². The van der Waals surface area contributed by atoms with E-state index in [0.717, 1.165) is 16.9 Å². The van der Waals surface area contributed by atoms with E-state index in [1.54, 1.807) is 25.3 Å². The Morgan fingerprint density at radius 1 is 0.800 bits per heavy atom. The first-order valence-electron chi connectivity index (χ1n) is 11.6. The van der Waals surface area contributed by atoms with Crippen LogP contribution in [0.2, 0.25) is 0 Å². The van der Waals surface area contributed by atoms with Gasteiger partial charge in [-0.05, 0) is 60.0 Å². The van der Waals surface area contributed by atoms with Crippen molar-refractivity contribution in [2.45, 2.75) is 26.4 Å². The minimum Gasteiger partial charge on any atom is -0.496 e. The Morgan fingerprint density at radius 3 is 2.23 bits per heavy atom. The molecule has 0 radical (unpaired) electrons. The van der Waals surface area contributed by atoms with E-state index >= 15 is 0 Å². The van der Waals surface area contributed by atoms with Gasteiger partial charge in [0.15, 0.2) is 5.75 Å². The molecule has 0 aliphatic carbocycles. The van der Waals surface area contributed by atoms with Crippen molar-refractivity contribution in [3.8, 4) is 23.0 Å². The van der Waals surface area contributed by atoms with Crippen LogP contribution in [0, 0.1) is 0 Å². The molecule has 5 heteroatoms. The van der Waals surface area contributed by atoms with Gasteiger partial charge in [0.25, 0.3) is 5.91 Å². The van der Waals surface area contributed by atoms with Gasteiger partial charge in [-0.1, -0.05) is 62.4 Å². The number of hydrogen-bond acceptors (Lipinski definition) is 4. The zero-order valence-corrected chi connectivity index (χ0v) is 20.2. The molecule has 0 saturated heterocycles. The van der Waals surface area contributed by atoms with E-state index in [9.17, 15) is 4.79 Å². The maximum absolute atomic E-state index is 13.1. The summed E-state index contributed by atoms with van der Waals surface area (Å²) in [6.45, 7) is 4.54.